The highest BCUT2D eigenvalue weighted by molar-refractivity contribution is 6.09. The van der Waals surface area contributed by atoms with Crippen molar-refractivity contribution in [1.29, 1.82) is 5.41 Å². The van der Waals surface area contributed by atoms with Gasteiger partial charge in [0, 0.05) is 50.0 Å². The normalized spacial score (nSPS) is 12.6. The van der Waals surface area contributed by atoms with Crippen molar-refractivity contribution in [1.82, 2.24) is 25.3 Å². The first kappa shape index (κ1) is 26.2. The fourth-order valence-electron chi connectivity index (χ4n) is 4.21. The summed E-state index contributed by atoms with van der Waals surface area (Å²) in [4.78, 5) is 14.2. The van der Waals surface area contributed by atoms with Gasteiger partial charge in [0.15, 0.2) is 0 Å². The summed E-state index contributed by atoms with van der Waals surface area (Å²) >= 11 is 0. The summed E-state index contributed by atoms with van der Waals surface area (Å²) in [5, 5.41) is 22.5. The smallest absolute Gasteiger partial charge is 0.143 e. The molecule has 1 atom stereocenters. The predicted octanol–water partition coefficient (Wildman–Crippen LogP) is 4.30. The number of allylic oxidation sites excluding steroid dienone is 1. The molecule has 0 fully saturated rings. The number of nitrogens with one attached hydrogen (secondary N) is 3. The Morgan fingerprint density at radius 3 is 2.70 bits per heavy atom. The van der Waals surface area contributed by atoms with Gasteiger partial charge in [0.05, 0.1) is 17.6 Å². The van der Waals surface area contributed by atoms with E-state index in [-0.39, 0.29) is 0 Å². The van der Waals surface area contributed by atoms with Crippen molar-refractivity contribution in [3.05, 3.63) is 101 Å². The zero-order valence-corrected chi connectivity index (χ0v) is 21.5. The topological polar surface area (TPSA) is 108 Å². The number of nitrogens with zero attached hydrogens (tertiary/aromatic N) is 3. The molecule has 4 aromatic rings. The minimum absolute atomic E-state index is 0.507. The zero-order chi connectivity index (χ0) is 26.2. The van der Waals surface area contributed by atoms with Crippen LogP contribution in [0.5, 0.6) is 0 Å². The lowest BCUT2D eigenvalue weighted by atomic mass is 10.0. The Labute approximate surface area is 217 Å². The number of aliphatic hydroxyl groups is 1. The summed E-state index contributed by atoms with van der Waals surface area (Å²) in [7, 11) is 0. The number of pyridine rings is 1. The van der Waals surface area contributed by atoms with Crippen molar-refractivity contribution in [3.8, 4) is 0 Å². The van der Waals surface area contributed by atoms with Gasteiger partial charge in [0.2, 0.25) is 0 Å². The van der Waals surface area contributed by atoms with Crippen LogP contribution in [0.3, 0.4) is 0 Å². The molecule has 192 valence electrons. The number of benzene rings is 2. The van der Waals surface area contributed by atoms with Crippen LogP contribution in [-0.4, -0.2) is 45.6 Å². The van der Waals surface area contributed by atoms with Crippen molar-refractivity contribution in [3.63, 3.8) is 0 Å². The van der Waals surface area contributed by atoms with E-state index in [0.29, 0.717) is 25.5 Å². The van der Waals surface area contributed by atoms with Crippen LogP contribution in [0, 0.1) is 19.3 Å². The summed E-state index contributed by atoms with van der Waals surface area (Å²) in [6.45, 7) is 8.58. The summed E-state index contributed by atoms with van der Waals surface area (Å²) in [6.07, 6.45) is 5.59. The molecule has 0 aliphatic carbocycles. The molecule has 0 radical (unpaired) electrons. The van der Waals surface area contributed by atoms with Crippen LogP contribution in [0.1, 0.15) is 46.7 Å². The SMILES string of the molecule is CCNOCCN/C=C(\C=N)c1ccc2nc(C(O)c3ccncc3)n(Cc3cc(C)ccc3C)c2c1. The van der Waals surface area contributed by atoms with Gasteiger partial charge in [-0.05, 0) is 60.4 Å². The molecule has 0 spiro atoms. The zero-order valence-electron chi connectivity index (χ0n) is 21.5. The van der Waals surface area contributed by atoms with Gasteiger partial charge in [-0.2, -0.15) is 0 Å². The molecule has 8 heteroatoms. The molecule has 2 aromatic carbocycles. The molecule has 4 N–H and O–H groups in total. The third-order valence-corrected chi connectivity index (χ3v) is 6.22. The van der Waals surface area contributed by atoms with Crippen LogP contribution in [-0.2, 0) is 11.4 Å². The van der Waals surface area contributed by atoms with Crippen LogP contribution in [0.2, 0.25) is 0 Å². The minimum atomic E-state index is -0.903. The van der Waals surface area contributed by atoms with E-state index in [1.807, 2.05) is 31.3 Å². The Balaban J connectivity index is 1.74. The van der Waals surface area contributed by atoms with Gasteiger partial charge in [-0.1, -0.05) is 36.8 Å². The Hall–Kier alpha value is -3.85. The van der Waals surface area contributed by atoms with Gasteiger partial charge in [-0.25, -0.2) is 10.5 Å². The second-order valence-corrected chi connectivity index (χ2v) is 8.92. The maximum Gasteiger partial charge on any atom is 0.143 e. The molecule has 0 saturated carbocycles. The highest BCUT2D eigenvalue weighted by atomic mass is 16.6. The fourth-order valence-corrected chi connectivity index (χ4v) is 4.21. The van der Waals surface area contributed by atoms with E-state index in [1.54, 1.807) is 24.5 Å². The molecule has 0 aliphatic heterocycles. The molecule has 0 bridgehead atoms. The van der Waals surface area contributed by atoms with Gasteiger partial charge < -0.3 is 20.4 Å². The van der Waals surface area contributed by atoms with E-state index < -0.39 is 6.10 Å². The second-order valence-electron chi connectivity index (χ2n) is 8.92. The highest BCUT2D eigenvalue weighted by Gasteiger charge is 2.21. The monoisotopic (exact) mass is 498 g/mol. The third-order valence-electron chi connectivity index (χ3n) is 6.22. The van der Waals surface area contributed by atoms with Gasteiger partial charge in [-0.3, -0.25) is 9.82 Å². The van der Waals surface area contributed by atoms with E-state index >= 15 is 0 Å². The number of rotatable bonds is 12. The first-order valence-electron chi connectivity index (χ1n) is 12.4. The first-order chi connectivity index (χ1) is 18.0. The van der Waals surface area contributed by atoms with E-state index in [9.17, 15) is 5.11 Å². The lowest BCUT2D eigenvalue weighted by molar-refractivity contribution is 0.0481. The van der Waals surface area contributed by atoms with Crippen LogP contribution in [0.15, 0.2) is 67.1 Å². The molecular weight excluding hydrogens is 464 g/mol. The molecule has 0 aliphatic rings. The van der Waals surface area contributed by atoms with Crippen molar-refractivity contribution < 1.29 is 9.94 Å². The van der Waals surface area contributed by atoms with Crippen molar-refractivity contribution in [2.24, 2.45) is 0 Å². The number of aliphatic hydroxyl groups excluding tert-OH is 1. The third kappa shape index (κ3) is 6.29. The molecule has 2 aromatic heterocycles. The predicted molar refractivity (Wildman–Crippen MR) is 147 cm³/mol. The van der Waals surface area contributed by atoms with Gasteiger partial charge in [0.1, 0.15) is 11.9 Å². The number of aromatic nitrogens is 3. The standard InChI is InChI=1S/C29H34N6O2/c1-4-33-37-14-13-32-18-25(17-30)23-7-8-26-27(16-23)35(19-24-15-20(2)5-6-21(24)3)29(34-26)28(36)22-9-11-31-12-10-22/h5-12,15-18,28,30,32-33,36H,4,13-14,19H2,1-3H3/b25-18+,30-17?. The lowest BCUT2D eigenvalue weighted by Crippen LogP contribution is -2.21. The van der Waals surface area contributed by atoms with Gasteiger partial charge in [-0.15, -0.1) is 0 Å². The molecule has 0 saturated heterocycles. The Bertz CT molecular complexity index is 1380. The fraction of sp³-hybridized carbons (Fsp3) is 0.276. The molecule has 8 nitrogen and oxygen atoms in total. The van der Waals surface area contributed by atoms with Crippen molar-refractivity contribution in [2.45, 2.75) is 33.4 Å². The molecule has 0 amide bonds. The lowest BCUT2D eigenvalue weighted by Gasteiger charge is -2.16. The van der Waals surface area contributed by atoms with E-state index in [0.717, 1.165) is 39.8 Å². The van der Waals surface area contributed by atoms with E-state index in [2.05, 4.69) is 52.4 Å². The Morgan fingerprint density at radius 1 is 1.14 bits per heavy atom. The van der Waals surface area contributed by atoms with Crippen molar-refractivity contribution >= 4 is 22.8 Å². The number of imidazole rings is 1. The molecule has 4 rings (SSSR count). The number of fused-ring (bicyclic) bond motifs is 1. The largest absolute Gasteiger partial charge is 0.388 e. The number of hydrogen-bond acceptors (Lipinski definition) is 7. The van der Waals surface area contributed by atoms with Crippen LogP contribution < -0.4 is 10.8 Å². The van der Waals surface area contributed by atoms with Crippen LogP contribution in [0.25, 0.3) is 16.6 Å². The minimum Gasteiger partial charge on any atom is -0.388 e. The Morgan fingerprint density at radius 2 is 1.95 bits per heavy atom. The number of aryl methyl sites for hydroxylation is 2. The summed E-state index contributed by atoms with van der Waals surface area (Å²) in [6, 6.07) is 15.9. The number of hydroxylamine groups is 1. The highest BCUT2D eigenvalue weighted by Crippen LogP contribution is 2.29. The average Bonchev–Trinajstić information content (AvgIpc) is 3.28. The summed E-state index contributed by atoms with van der Waals surface area (Å²) in [5.41, 5.74) is 10.4. The molecular formula is C29H34N6O2. The molecule has 37 heavy (non-hydrogen) atoms. The van der Waals surface area contributed by atoms with Crippen LogP contribution in [0.4, 0.5) is 0 Å². The molecule has 2 heterocycles. The molecule has 1 unspecified atom stereocenters. The van der Waals surface area contributed by atoms with E-state index in [4.69, 9.17) is 15.2 Å². The first-order valence-corrected chi connectivity index (χ1v) is 12.4. The maximum atomic E-state index is 11.3. The van der Waals surface area contributed by atoms with E-state index in [1.165, 1.54) is 17.3 Å². The van der Waals surface area contributed by atoms with Gasteiger partial charge >= 0.3 is 0 Å². The van der Waals surface area contributed by atoms with Gasteiger partial charge in [0.25, 0.3) is 0 Å². The van der Waals surface area contributed by atoms with Crippen molar-refractivity contribution in [2.75, 3.05) is 19.7 Å². The van der Waals surface area contributed by atoms with Crippen LogP contribution >= 0.6 is 0 Å². The average molecular weight is 499 g/mol. The number of hydrogen-bond donors (Lipinski definition) is 4. The summed E-state index contributed by atoms with van der Waals surface area (Å²) < 4.78 is 2.07. The maximum absolute atomic E-state index is 11.3. The second kappa shape index (κ2) is 12.4. The summed E-state index contributed by atoms with van der Waals surface area (Å²) in [5.74, 6) is 0.568. The Kier molecular flexibility index (Phi) is 8.79. The quantitative estimate of drug-likeness (QED) is 0.132.